The van der Waals surface area contributed by atoms with Gasteiger partial charge < -0.3 is 14.5 Å². The normalized spacial score (nSPS) is 10.4. The van der Waals surface area contributed by atoms with Gasteiger partial charge in [-0.25, -0.2) is 4.98 Å². The van der Waals surface area contributed by atoms with Crippen LogP contribution in [-0.2, 0) is 0 Å². The summed E-state index contributed by atoms with van der Waals surface area (Å²) in [7, 11) is 3.31. The average molecular weight is 279 g/mol. The Bertz CT molecular complexity index is 688. The molecule has 0 saturated heterocycles. The van der Waals surface area contributed by atoms with Gasteiger partial charge in [-0.15, -0.1) is 0 Å². The summed E-state index contributed by atoms with van der Waals surface area (Å²) < 4.78 is 10.5. The van der Waals surface area contributed by atoms with Crippen LogP contribution < -0.4 is 9.47 Å². The van der Waals surface area contributed by atoms with Crippen LogP contribution in [0.3, 0.4) is 0 Å². The summed E-state index contributed by atoms with van der Waals surface area (Å²) >= 11 is 0. The van der Waals surface area contributed by atoms with Gasteiger partial charge in [-0.2, -0.15) is 0 Å². The van der Waals surface area contributed by atoms with Crippen molar-refractivity contribution in [3.05, 3.63) is 54.9 Å². The number of H-pyrrole nitrogens is 1. The van der Waals surface area contributed by atoms with Gasteiger partial charge in [-0.05, 0) is 24.3 Å². The molecule has 0 fully saturated rings. The Morgan fingerprint density at radius 1 is 0.905 bits per heavy atom. The van der Waals surface area contributed by atoms with Crippen molar-refractivity contribution in [1.29, 1.82) is 0 Å². The largest absolute Gasteiger partial charge is 0.497 e. The maximum Gasteiger partial charge on any atom is 0.174 e. The van der Waals surface area contributed by atoms with Crippen molar-refractivity contribution in [2.45, 2.75) is 0 Å². The van der Waals surface area contributed by atoms with Gasteiger partial charge >= 0.3 is 0 Å². The van der Waals surface area contributed by atoms with Gasteiger partial charge in [-0.3, -0.25) is 0 Å². The number of benzene rings is 2. The van der Waals surface area contributed by atoms with Crippen molar-refractivity contribution in [2.24, 2.45) is 0 Å². The Labute approximate surface area is 123 Å². The average Bonchev–Trinajstić information content (AvgIpc) is 3.04. The summed E-state index contributed by atoms with van der Waals surface area (Å²) in [6.07, 6.45) is 2.81. The van der Waals surface area contributed by atoms with Crippen LogP contribution in [0.1, 0.15) is 0 Å². The fourth-order valence-electron chi connectivity index (χ4n) is 2.22. The van der Waals surface area contributed by atoms with Crippen LogP contribution in [0.25, 0.3) is 22.5 Å². The van der Waals surface area contributed by atoms with Crippen molar-refractivity contribution >= 4 is 0 Å². The molecule has 1 radical (unpaired) electrons. The van der Waals surface area contributed by atoms with E-state index < -0.39 is 0 Å². The SMILES string of the molecule is COc1cccc(-c2n[c][nH]c2-c2cccc(OC)c2)c1. The third kappa shape index (κ3) is 2.60. The molecule has 0 amide bonds. The van der Waals surface area contributed by atoms with Gasteiger partial charge in [0.15, 0.2) is 6.33 Å². The number of aromatic nitrogens is 2. The lowest BCUT2D eigenvalue weighted by Crippen LogP contribution is -1.88. The van der Waals surface area contributed by atoms with Gasteiger partial charge in [0.25, 0.3) is 0 Å². The summed E-state index contributed by atoms with van der Waals surface area (Å²) in [5, 5.41) is 0. The number of nitrogens with one attached hydrogen (secondary N) is 1. The molecule has 0 aliphatic carbocycles. The van der Waals surface area contributed by atoms with Gasteiger partial charge in [0.05, 0.1) is 25.6 Å². The molecule has 4 heteroatoms. The first-order valence-electron chi connectivity index (χ1n) is 6.56. The van der Waals surface area contributed by atoms with Crippen molar-refractivity contribution in [2.75, 3.05) is 14.2 Å². The Hall–Kier alpha value is -2.75. The zero-order valence-electron chi connectivity index (χ0n) is 11.9. The van der Waals surface area contributed by atoms with Crippen LogP contribution in [0, 0.1) is 6.33 Å². The monoisotopic (exact) mass is 279 g/mol. The molecule has 0 bridgehead atoms. The summed E-state index contributed by atoms with van der Waals surface area (Å²) in [5.74, 6) is 1.60. The summed E-state index contributed by atoms with van der Waals surface area (Å²) in [6, 6.07) is 15.6. The quantitative estimate of drug-likeness (QED) is 0.794. The highest BCUT2D eigenvalue weighted by Crippen LogP contribution is 2.32. The van der Waals surface area contributed by atoms with Crippen LogP contribution in [0.4, 0.5) is 0 Å². The standard InChI is InChI=1S/C17H15N2O2/c1-20-14-7-3-5-12(9-14)16-17(19-11-18-16)13-6-4-8-15(10-13)21-2/h3-10H,1-2H3,(H,18,19). The van der Waals surface area contributed by atoms with E-state index in [1.165, 1.54) is 0 Å². The lowest BCUT2D eigenvalue weighted by atomic mass is 10.0. The fourth-order valence-corrected chi connectivity index (χ4v) is 2.22. The van der Waals surface area contributed by atoms with E-state index in [9.17, 15) is 0 Å². The molecular weight excluding hydrogens is 264 g/mol. The van der Waals surface area contributed by atoms with E-state index in [1.807, 2.05) is 48.5 Å². The maximum atomic E-state index is 5.27. The summed E-state index contributed by atoms with van der Waals surface area (Å²) in [6.45, 7) is 0. The molecule has 4 nitrogen and oxygen atoms in total. The molecule has 0 aliphatic rings. The zero-order chi connectivity index (χ0) is 14.7. The first-order valence-corrected chi connectivity index (χ1v) is 6.56. The smallest absolute Gasteiger partial charge is 0.174 e. The van der Waals surface area contributed by atoms with Crippen molar-refractivity contribution < 1.29 is 9.47 Å². The zero-order valence-corrected chi connectivity index (χ0v) is 11.9. The molecule has 1 aromatic heterocycles. The molecule has 1 N–H and O–H groups in total. The Morgan fingerprint density at radius 2 is 1.52 bits per heavy atom. The van der Waals surface area contributed by atoms with Crippen LogP contribution >= 0.6 is 0 Å². The first-order chi connectivity index (χ1) is 10.3. The minimum Gasteiger partial charge on any atom is -0.497 e. The van der Waals surface area contributed by atoms with Crippen LogP contribution in [-0.4, -0.2) is 24.2 Å². The van der Waals surface area contributed by atoms with E-state index >= 15 is 0 Å². The molecule has 105 valence electrons. The van der Waals surface area contributed by atoms with E-state index in [2.05, 4.69) is 16.3 Å². The van der Waals surface area contributed by atoms with E-state index in [0.29, 0.717) is 0 Å². The van der Waals surface area contributed by atoms with Gasteiger partial charge in [0.1, 0.15) is 11.5 Å². The van der Waals surface area contributed by atoms with Gasteiger partial charge in [0.2, 0.25) is 0 Å². The lowest BCUT2D eigenvalue weighted by Gasteiger charge is -2.07. The topological polar surface area (TPSA) is 47.1 Å². The number of hydrogen-bond donors (Lipinski definition) is 1. The molecule has 1 heterocycles. The molecule has 0 atom stereocenters. The molecule has 3 aromatic rings. The third-order valence-electron chi connectivity index (χ3n) is 3.29. The summed E-state index contributed by atoms with van der Waals surface area (Å²) in [5.41, 5.74) is 3.72. The second-order valence-corrected chi connectivity index (χ2v) is 4.54. The molecule has 3 rings (SSSR count). The molecule has 2 aromatic carbocycles. The number of nitrogens with zero attached hydrogens (tertiary/aromatic N) is 1. The third-order valence-corrected chi connectivity index (χ3v) is 3.29. The molecular formula is C17H15N2O2. The predicted molar refractivity (Wildman–Crippen MR) is 81.4 cm³/mol. The molecule has 21 heavy (non-hydrogen) atoms. The fraction of sp³-hybridized carbons (Fsp3) is 0.118. The second-order valence-electron chi connectivity index (χ2n) is 4.54. The van der Waals surface area contributed by atoms with E-state index in [0.717, 1.165) is 34.0 Å². The van der Waals surface area contributed by atoms with E-state index in [1.54, 1.807) is 14.2 Å². The Morgan fingerprint density at radius 3 is 2.19 bits per heavy atom. The molecule has 0 unspecified atom stereocenters. The lowest BCUT2D eigenvalue weighted by molar-refractivity contribution is 0.415. The summed E-state index contributed by atoms with van der Waals surface area (Å²) in [4.78, 5) is 7.39. The Balaban J connectivity index is 2.07. The van der Waals surface area contributed by atoms with Gasteiger partial charge in [-0.1, -0.05) is 24.3 Å². The van der Waals surface area contributed by atoms with Crippen molar-refractivity contribution in [3.63, 3.8) is 0 Å². The number of aromatic amines is 1. The van der Waals surface area contributed by atoms with E-state index in [4.69, 9.17) is 9.47 Å². The van der Waals surface area contributed by atoms with Gasteiger partial charge in [0, 0.05) is 11.1 Å². The van der Waals surface area contributed by atoms with Crippen LogP contribution in [0.2, 0.25) is 0 Å². The Kier molecular flexibility index (Phi) is 3.60. The minimum absolute atomic E-state index is 0.798. The number of imidazole rings is 1. The number of hydrogen-bond acceptors (Lipinski definition) is 3. The van der Waals surface area contributed by atoms with Crippen molar-refractivity contribution in [3.8, 4) is 34.0 Å². The number of rotatable bonds is 4. The highest BCUT2D eigenvalue weighted by atomic mass is 16.5. The second kappa shape index (κ2) is 5.71. The molecule has 0 saturated carbocycles. The van der Waals surface area contributed by atoms with Crippen LogP contribution in [0.5, 0.6) is 11.5 Å². The minimum atomic E-state index is 0.798. The van der Waals surface area contributed by atoms with Crippen molar-refractivity contribution in [1.82, 2.24) is 9.97 Å². The van der Waals surface area contributed by atoms with Crippen LogP contribution in [0.15, 0.2) is 48.5 Å². The highest BCUT2D eigenvalue weighted by molar-refractivity contribution is 5.79. The highest BCUT2D eigenvalue weighted by Gasteiger charge is 2.12. The number of methoxy groups -OCH3 is 2. The molecule has 0 aliphatic heterocycles. The molecule has 0 spiro atoms. The maximum absolute atomic E-state index is 5.27. The first kappa shape index (κ1) is 13.2. The number of ether oxygens (including phenoxy) is 2. The predicted octanol–water partition coefficient (Wildman–Crippen LogP) is 3.56. The van der Waals surface area contributed by atoms with E-state index in [-0.39, 0.29) is 0 Å².